The molecule has 0 spiro atoms. The fraction of sp³-hybridized carbons (Fsp3) is 0. The topological polar surface area (TPSA) is 72.7 Å². The van der Waals surface area contributed by atoms with Gasteiger partial charge in [-0.1, -0.05) is 0 Å². The Kier molecular flexibility index (Phi) is 3.74. The molecule has 1 amide bonds. The molecule has 0 saturated carbocycles. The number of nitrogens with zero attached hydrogens (tertiary/aromatic N) is 4. The molecule has 0 aliphatic heterocycles. The van der Waals surface area contributed by atoms with Crippen LogP contribution in [0.4, 0.5) is 5.69 Å². The molecule has 100 valence electrons. The fourth-order valence-electron chi connectivity index (χ4n) is 1.62. The third-order valence-corrected chi connectivity index (χ3v) is 4.29. The largest absolute Gasteiger partial charge is 0.319 e. The fourth-order valence-corrected chi connectivity index (χ4v) is 2.94. The number of anilines is 1. The van der Waals surface area contributed by atoms with E-state index in [1.807, 2.05) is 11.4 Å². The summed E-state index contributed by atoms with van der Waals surface area (Å²) in [6.07, 6.45) is 4.59. The van der Waals surface area contributed by atoms with Crippen LogP contribution in [0.1, 0.15) is 10.4 Å². The van der Waals surface area contributed by atoms with Gasteiger partial charge in [0.1, 0.15) is 12.7 Å². The quantitative estimate of drug-likeness (QED) is 0.690. The average Bonchev–Trinajstić information content (AvgIpc) is 3.10. The van der Waals surface area contributed by atoms with Gasteiger partial charge in [-0.25, -0.2) is 14.6 Å². The van der Waals surface area contributed by atoms with Crippen molar-refractivity contribution in [3.63, 3.8) is 0 Å². The number of aromatic nitrogens is 4. The summed E-state index contributed by atoms with van der Waals surface area (Å²) >= 11 is 3.71. The molecule has 1 N–H and O–H groups in total. The highest BCUT2D eigenvalue weighted by atomic mass is 127. The number of carbonyl (C=O) groups excluding carboxylic acids is 1. The Labute approximate surface area is 132 Å². The van der Waals surface area contributed by atoms with Gasteiger partial charge in [-0.05, 0) is 40.8 Å². The maximum atomic E-state index is 12.2. The maximum Gasteiger partial charge on any atom is 0.256 e. The molecule has 0 bridgehead atoms. The summed E-state index contributed by atoms with van der Waals surface area (Å²) in [7, 11) is 0. The molecule has 8 heteroatoms. The van der Waals surface area contributed by atoms with Gasteiger partial charge in [0.25, 0.3) is 5.91 Å². The van der Waals surface area contributed by atoms with Crippen molar-refractivity contribution in [2.24, 2.45) is 0 Å². The minimum atomic E-state index is -0.168. The van der Waals surface area contributed by atoms with Gasteiger partial charge in [-0.15, -0.1) is 11.3 Å². The molecule has 0 aliphatic carbocycles. The standard InChI is InChI=1S/C12H8IN5OS/c13-10-4-8(5-20-10)12(19)17-9-2-1-3-15-11(9)18-7-14-6-16-18/h1-7H,(H,17,19). The van der Waals surface area contributed by atoms with E-state index in [0.29, 0.717) is 17.1 Å². The van der Waals surface area contributed by atoms with Crippen molar-refractivity contribution >= 4 is 45.5 Å². The van der Waals surface area contributed by atoms with Crippen LogP contribution in [-0.4, -0.2) is 25.7 Å². The number of nitrogens with one attached hydrogen (secondary N) is 1. The molecule has 0 radical (unpaired) electrons. The van der Waals surface area contributed by atoms with Crippen LogP contribution >= 0.6 is 33.9 Å². The zero-order chi connectivity index (χ0) is 13.9. The maximum absolute atomic E-state index is 12.2. The summed E-state index contributed by atoms with van der Waals surface area (Å²) in [4.78, 5) is 20.3. The smallest absolute Gasteiger partial charge is 0.256 e. The monoisotopic (exact) mass is 397 g/mol. The molecular weight excluding hydrogens is 389 g/mol. The lowest BCUT2D eigenvalue weighted by molar-refractivity contribution is 0.102. The highest BCUT2D eigenvalue weighted by Gasteiger charge is 2.12. The van der Waals surface area contributed by atoms with Crippen molar-refractivity contribution < 1.29 is 4.79 Å². The van der Waals surface area contributed by atoms with Crippen molar-refractivity contribution in [3.8, 4) is 5.82 Å². The Morgan fingerprint density at radius 1 is 1.45 bits per heavy atom. The average molecular weight is 397 g/mol. The van der Waals surface area contributed by atoms with Gasteiger partial charge in [-0.2, -0.15) is 5.10 Å². The molecule has 3 rings (SSSR count). The molecule has 0 unspecified atom stereocenters. The number of hydrogen-bond donors (Lipinski definition) is 1. The SMILES string of the molecule is O=C(Nc1cccnc1-n1cncn1)c1csc(I)c1. The second kappa shape index (κ2) is 5.67. The van der Waals surface area contributed by atoms with Crippen molar-refractivity contribution in [1.29, 1.82) is 0 Å². The number of pyridine rings is 1. The third-order valence-electron chi connectivity index (χ3n) is 2.50. The first kappa shape index (κ1) is 13.2. The molecular formula is C12H8IN5OS. The van der Waals surface area contributed by atoms with Crippen molar-refractivity contribution in [2.45, 2.75) is 0 Å². The van der Waals surface area contributed by atoms with Gasteiger partial charge in [0.15, 0.2) is 5.82 Å². The normalized spacial score (nSPS) is 10.4. The first-order valence-corrected chi connectivity index (χ1v) is 7.55. The molecule has 3 heterocycles. The number of carbonyl (C=O) groups is 1. The first-order chi connectivity index (χ1) is 9.74. The van der Waals surface area contributed by atoms with E-state index < -0.39 is 0 Å². The van der Waals surface area contributed by atoms with E-state index in [0.717, 1.165) is 2.88 Å². The van der Waals surface area contributed by atoms with E-state index in [4.69, 9.17) is 0 Å². The predicted octanol–water partition coefficient (Wildman–Crippen LogP) is 2.58. The molecule has 0 aromatic carbocycles. The van der Waals surface area contributed by atoms with Gasteiger partial charge in [-0.3, -0.25) is 4.79 Å². The second-order valence-electron chi connectivity index (χ2n) is 3.81. The Morgan fingerprint density at radius 3 is 3.05 bits per heavy atom. The summed E-state index contributed by atoms with van der Waals surface area (Å²) in [6, 6.07) is 5.37. The highest BCUT2D eigenvalue weighted by molar-refractivity contribution is 14.1. The Bertz CT molecular complexity index is 740. The van der Waals surface area contributed by atoms with Crippen LogP contribution in [0.2, 0.25) is 0 Å². The van der Waals surface area contributed by atoms with Gasteiger partial charge in [0, 0.05) is 11.6 Å². The number of amides is 1. The van der Waals surface area contributed by atoms with Crippen LogP contribution in [0.3, 0.4) is 0 Å². The lowest BCUT2D eigenvalue weighted by Crippen LogP contribution is -2.14. The summed E-state index contributed by atoms with van der Waals surface area (Å²) in [5.41, 5.74) is 1.22. The van der Waals surface area contributed by atoms with E-state index in [9.17, 15) is 4.79 Å². The summed E-state index contributed by atoms with van der Waals surface area (Å²) in [6.45, 7) is 0. The van der Waals surface area contributed by atoms with Crippen LogP contribution < -0.4 is 5.32 Å². The highest BCUT2D eigenvalue weighted by Crippen LogP contribution is 2.20. The molecule has 3 aromatic heterocycles. The van der Waals surface area contributed by atoms with Crippen LogP contribution in [-0.2, 0) is 0 Å². The summed E-state index contributed by atoms with van der Waals surface area (Å²) < 4.78 is 2.57. The van der Waals surface area contributed by atoms with Gasteiger partial charge >= 0.3 is 0 Å². The minimum Gasteiger partial charge on any atom is -0.319 e. The Morgan fingerprint density at radius 2 is 2.35 bits per heavy atom. The molecule has 0 aliphatic rings. The number of thiophene rings is 1. The van der Waals surface area contributed by atoms with Gasteiger partial charge in [0.2, 0.25) is 0 Å². The van der Waals surface area contributed by atoms with Crippen LogP contribution in [0.5, 0.6) is 0 Å². The van der Waals surface area contributed by atoms with Crippen molar-refractivity contribution in [2.75, 3.05) is 5.32 Å². The van der Waals surface area contributed by atoms with E-state index in [2.05, 4.69) is 43.0 Å². The summed E-state index contributed by atoms with van der Waals surface area (Å²) in [5.74, 6) is 0.363. The zero-order valence-corrected chi connectivity index (χ0v) is 13.0. The van der Waals surface area contributed by atoms with Gasteiger partial charge in [0.05, 0.1) is 14.1 Å². The van der Waals surface area contributed by atoms with Crippen molar-refractivity contribution in [3.05, 3.63) is 50.9 Å². The number of hydrogen-bond acceptors (Lipinski definition) is 5. The molecule has 3 aromatic rings. The first-order valence-electron chi connectivity index (χ1n) is 5.59. The van der Waals surface area contributed by atoms with E-state index in [1.54, 1.807) is 18.3 Å². The summed E-state index contributed by atoms with van der Waals surface area (Å²) in [5, 5.41) is 8.69. The van der Waals surface area contributed by atoms with Crippen LogP contribution in [0.25, 0.3) is 5.82 Å². The lowest BCUT2D eigenvalue weighted by atomic mass is 10.3. The van der Waals surface area contributed by atoms with Crippen LogP contribution in [0.15, 0.2) is 42.4 Å². The Hall–Kier alpha value is -1.81. The lowest BCUT2D eigenvalue weighted by Gasteiger charge is -2.08. The predicted molar refractivity (Wildman–Crippen MR) is 84.1 cm³/mol. The molecule has 6 nitrogen and oxygen atoms in total. The zero-order valence-electron chi connectivity index (χ0n) is 10.0. The van der Waals surface area contributed by atoms with E-state index in [1.165, 1.54) is 28.7 Å². The molecule has 0 fully saturated rings. The van der Waals surface area contributed by atoms with Gasteiger partial charge < -0.3 is 5.32 Å². The number of rotatable bonds is 3. The van der Waals surface area contributed by atoms with E-state index in [-0.39, 0.29) is 5.91 Å². The molecule has 20 heavy (non-hydrogen) atoms. The van der Waals surface area contributed by atoms with E-state index >= 15 is 0 Å². The third kappa shape index (κ3) is 2.70. The molecule has 0 atom stereocenters. The Balaban J connectivity index is 1.90. The minimum absolute atomic E-state index is 0.168. The molecule has 0 saturated heterocycles. The second-order valence-corrected chi connectivity index (χ2v) is 6.61. The number of halogens is 1. The van der Waals surface area contributed by atoms with Crippen molar-refractivity contribution in [1.82, 2.24) is 19.7 Å². The van der Waals surface area contributed by atoms with Crippen LogP contribution in [0, 0.1) is 2.88 Å².